The van der Waals surface area contributed by atoms with Gasteiger partial charge in [-0.3, -0.25) is 14.1 Å². The fourth-order valence-electron chi connectivity index (χ4n) is 5.43. The van der Waals surface area contributed by atoms with Gasteiger partial charge in [0.25, 0.3) is 0 Å². The number of esters is 2. The Kier molecular flexibility index (Phi) is 32.8. The summed E-state index contributed by atoms with van der Waals surface area (Å²) in [6, 6.07) is 0. The van der Waals surface area contributed by atoms with E-state index in [1.54, 1.807) is 0 Å². The maximum absolute atomic E-state index is 12.3. The first-order valence-corrected chi connectivity index (χ1v) is 20.5. The van der Waals surface area contributed by atoms with E-state index in [0.717, 1.165) is 51.4 Å². The number of carbonyl (C=O) groups is 2. The Labute approximate surface area is 282 Å². The van der Waals surface area contributed by atoms with E-state index in [1.807, 2.05) is 0 Å². The van der Waals surface area contributed by atoms with Crippen LogP contribution in [0.5, 0.6) is 0 Å². The van der Waals surface area contributed by atoms with Crippen LogP contribution in [0.1, 0.15) is 194 Å². The molecule has 46 heavy (non-hydrogen) atoms. The Morgan fingerprint density at radius 2 is 0.913 bits per heavy atom. The number of phosphoric ester groups is 1. The van der Waals surface area contributed by atoms with Crippen LogP contribution >= 0.6 is 7.82 Å². The molecular weight excluding hydrogens is 603 g/mol. The summed E-state index contributed by atoms with van der Waals surface area (Å²) in [5, 5.41) is 0. The average Bonchev–Trinajstić information content (AvgIpc) is 3.02. The molecule has 2 N–H and O–H groups in total. The number of hydrogen-bond donors (Lipinski definition) is 2. The number of hydrogen-bond acceptors (Lipinski definition) is 6. The number of ether oxygens (including phenoxy) is 2. The van der Waals surface area contributed by atoms with E-state index in [4.69, 9.17) is 19.3 Å². The van der Waals surface area contributed by atoms with Crippen molar-refractivity contribution in [3.63, 3.8) is 0 Å². The minimum Gasteiger partial charge on any atom is -0.462 e. The smallest absolute Gasteiger partial charge is 0.462 e. The first-order valence-electron chi connectivity index (χ1n) is 19.0. The molecule has 0 rings (SSSR count). The predicted octanol–water partition coefficient (Wildman–Crippen LogP) is 11.1. The molecule has 0 aliphatic carbocycles. The molecule has 0 aromatic heterocycles. The van der Waals surface area contributed by atoms with Gasteiger partial charge >= 0.3 is 19.8 Å². The highest BCUT2D eigenvalue weighted by atomic mass is 31.2. The Balaban J connectivity index is 3.96. The summed E-state index contributed by atoms with van der Waals surface area (Å²) >= 11 is 0. The molecule has 0 fully saturated rings. The average molecular weight is 675 g/mol. The number of unbranched alkanes of at least 4 members (excludes halogenated alkanes) is 23. The van der Waals surface area contributed by atoms with E-state index < -0.39 is 32.5 Å². The fraction of sp³-hybridized carbons (Fsp3) is 0.892. The highest BCUT2D eigenvalue weighted by Gasteiger charge is 2.22. The summed E-state index contributed by atoms with van der Waals surface area (Å²) < 4.78 is 26.3. The third kappa shape index (κ3) is 35.6. The van der Waals surface area contributed by atoms with Crippen molar-refractivity contribution in [3.05, 3.63) is 12.2 Å². The van der Waals surface area contributed by atoms with Crippen molar-refractivity contribution < 1.29 is 37.9 Å². The molecule has 0 amide bonds. The van der Waals surface area contributed by atoms with Crippen molar-refractivity contribution in [3.8, 4) is 0 Å². The van der Waals surface area contributed by atoms with Crippen LogP contribution in [-0.2, 0) is 28.2 Å². The molecule has 0 saturated heterocycles. The molecule has 0 saturated carbocycles. The van der Waals surface area contributed by atoms with E-state index in [1.165, 1.54) is 109 Å². The van der Waals surface area contributed by atoms with Gasteiger partial charge in [0.15, 0.2) is 6.10 Å². The van der Waals surface area contributed by atoms with Crippen molar-refractivity contribution in [1.82, 2.24) is 0 Å². The quantitative estimate of drug-likeness (QED) is 0.0295. The third-order valence-electron chi connectivity index (χ3n) is 8.28. The van der Waals surface area contributed by atoms with Crippen LogP contribution < -0.4 is 0 Å². The molecule has 0 aliphatic rings. The van der Waals surface area contributed by atoms with Crippen LogP contribution in [0.4, 0.5) is 0 Å². The van der Waals surface area contributed by atoms with E-state index in [9.17, 15) is 14.2 Å². The Morgan fingerprint density at radius 1 is 0.543 bits per heavy atom. The van der Waals surface area contributed by atoms with Crippen LogP contribution in [0.3, 0.4) is 0 Å². The zero-order valence-corrected chi connectivity index (χ0v) is 30.6. The molecule has 0 unspecified atom stereocenters. The first-order chi connectivity index (χ1) is 22.3. The Morgan fingerprint density at radius 3 is 1.33 bits per heavy atom. The maximum Gasteiger partial charge on any atom is 0.469 e. The van der Waals surface area contributed by atoms with Crippen molar-refractivity contribution in [2.24, 2.45) is 0 Å². The summed E-state index contributed by atoms with van der Waals surface area (Å²) in [5.41, 5.74) is 0. The molecule has 0 heterocycles. The van der Waals surface area contributed by atoms with Gasteiger partial charge in [0, 0.05) is 12.8 Å². The SMILES string of the molecule is CCCCCCCC/C=C\CCCCCCCC(=O)O[C@@H](COC(=O)CCCCCCCCCCCCCCC)COP(=O)(O)O. The van der Waals surface area contributed by atoms with Gasteiger partial charge in [-0.05, 0) is 38.5 Å². The number of allylic oxidation sites excluding steroid dienone is 2. The summed E-state index contributed by atoms with van der Waals surface area (Å²) in [5.74, 6) is -0.887. The van der Waals surface area contributed by atoms with Crippen LogP contribution in [0.25, 0.3) is 0 Å². The van der Waals surface area contributed by atoms with E-state index in [0.29, 0.717) is 6.42 Å². The van der Waals surface area contributed by atoms with Crippen molar-refractivity contribution >= 4 is 19.8 Å². The molecular formula is C37H71O8P. The van der Waals surface area contributed by atoms with Crippen molar-refractivity contribution in [2.45, 2.75) is 200 Å². The second-order valence-corrected chi connectivity index (χ2v) is 14.1. The molecule has 9 heteroatoms. The number of carbonyl (C=O) groups excluding carboxylic acids is 2. The van der Waals surface area contributed by atoms with Gasteiger partial charge in [0.1, 0.15) is 6.61 Å². The second kappa shape index (κ2) is 33.7. The molecule has 8 nitrogen and oxygen atoms in total. The molecule has 272 valence electrons. The predicted molar refractivity (Wildman–Crippen MR) is 189 cm³/mol. The lowest BCUT2D eigenvalue weighted by Crippen LogP contribution is -2.29. The standard InChI is InChI=1S/C37H71O8P/c1-3-5-7-9-11-13-15-17-18-20-22-24-26-28-30-32-37(39)45-35(34-44-46(40,41)42)33-43-36(38)31-29-27-25-23-21-19-16-14-12-10-8-6-4-2/h17-18,35H,3-16,19-34H2,1-2H3,(H2,40,41,42)/b18-17-/t35-/m0/s1. The molecule has 0 aromatic rings. The highest BCUT2D eigenvalue weighted by molar-refractivity contribution is 7.46. The zero-order valence-electron chi connectivity index (χ0n) is 29.7. The van der Waals surface area contributed by atoms with Gasteiger partial charge in [0.2, 0.25) is 0 Å². The molecule has 0 aliphatic heterocycles. The van der Waals surface area contributed by atoms with Crippen LogP contribution in [0.15, 0.2) is 12.2 Å². The van der Waals surface area contributed by atoms with Gasteiger partial charge < -0.3 is 19.3 Å². The van der Waals surface area contributed by atoms with Crippen molar-refractivity contribution in [2.75, 3.05) is 13.2 Å². The number of rotatable bonds is 35. The minimum atomic E-state index is -4.74. The van der Waals surface area contributed by atoms with Gasteiger partial charge in [-0.1, -0.05) is 154 Å². The number of phosphoric acid groups is 1. The lowest BCUT2D eigenvalue weighted by Gasteiger charge is -2.18. The lowest BCUT2D eigenvalue weighted by atomic mass is 10.0. The highest BCUT2D eigenvalue weighted by Crippen LogP contribution is 2.36. The molecule has 0 bridgehead atoms. The minimum absolute atomic E-state index is 0.206. The third-order valence-corrected chi connectivity index (χ3v) is 8.77. The topological polar surface area (TPSA) is 119 Å². The lowest BCUT2D eigenvalue weighted by molar-refractivity contribution is -0.161. The zero-order chi connectivity index (χ0) is 34.0. The fourth-order valence-corrected chi connectivity index (χ4v) is 5.79. The summed E-state index contributed by atoms with van der Waals surface area (Å²) in [6.45, 7) is 3.67. The molecule has 0 radical (unpaired) electrons. The molecule has 0 spiro atoms. The van der Waals surface area contributed by atoms with Gasteiger partial charge in [-0.25, -0.2) is 4.57 Å². The van der Waals surface area contributed by atoms with Crippen LogP contribution in [-0.4, -0.2) is 41.0 Å². The van der Waals surface area contributed by atoms with E-state index >= 15 is 0 Å². The Hall–Kier alpha value is -1.21. The second-order valence-electron chi connectivity index (χ2n) is 12.9. The van der Waals surface area contributed by atoms with E-state index in [2.05, 4.69) is 30.5 Å². The molecule has 1 atom stereocenters. The van der Waals surface area contributed by atoms with Gasteiger partial charge in [-0.2, -0.15) is 0 Å². The summed E-state index contributed by atoms with van der Waals surface area (Å²) in [4.78, 5) is 42.7. The monoisotopic (exact) mass is 674 g/mol. The summed E-state index contributed by atoms with van der Waals surface area (Å²) in [7, 11) is -4.74. The van der Waals surface area contributed by atoms with Crippen LogP contribution in [0, 0.1) is 0 Å². The maximum atomic E-state index is 12.3. The van der Waals surface area contributed by atoms with Crippen molar-refractivity contribution in [1.29, 1.82) is 0 Å². The molecule has 0 aromatic carbocycles. The van der Waals surface area contributed by atoms with Crippen LogP contribution in [0.2, 0.25) is 0 Å². The van der Waals surface area contributed by atoms with Gasteiger partial charge in [0.05, 0.1) is 6.61 Å². The summed E-state index contributed by atoms with van der Waals surface area (Å²) in [6.07, 6.45) is 35.0. The Bertz CT molecular complexity index is 766. The largest absolute Gasteiger partial charge is 0.469 e. The first kappa shape index (κ1) is 44.8. The van der Waals surface area contributed by atoms with E-state index in [-0.39, 0.29) is 19.4 Å². The van der Waals surface area contributed by atoms with Gasteiger partial charge in [-0.15, -0.1) is 0 Å². The normalized spacial score (nSPS) is 12.5.